The van der Waals surface area contributed by atoms with E-state index in [1.54, 1.807) is 4.52 Å². The van der Waals surface area contributed by atoms with Gasteiger partial charge >= 0.3 is 20.6 Å². The molecule has 2 heterocycles. The Balaban J connectivity index is 1.40. The highest BCUT2D eigenvalue weighted by atomic mass is 32.2. The molecule has 35 heavy (non-hydrogen) atoms. The zero-order valence-corrected chi connectivity index (χ0v) is 20.3. The average Bonchev–Trinajstić information content (AvgIpc) is 3.48. The lowest BCUT2D eigenvalue weighted by Gasteiger charge is -2.17. The van der Waals surface area contributed by atoms with E-state index in [4.69, 9.17) is 18.6 Å². The minimum Gasteiger partial charge on any atom is -0.361 e. The van der Waals surface area contributed by atoms with Crippen LogP contribution in [0.4, 0.5) is 5.82 Å². The molecule has 188 valence electrons. The normalized spacial score (nSPS) is 24.6. The van der Waals surface area contributed by atoms with Crippen molar-refractivity contribution < 1.29 is 25.2 Å². The first-order valence-corrected chi connectivity index (χ1v) is 14.1. The molecule has 12 nitrogen and oxygen atoms in total. The van der Waals surface area contributed by atoms with Gasteiger partial charge in [0.2, 0.25) is 0 Å². The second kappa shape index (κ2) is 9.11. The molecule has 1 saturated carbocycles. The van der Waals surface area contributed by atoms with Crippen molar-refractivity contribution in [1.82, 2.24) is 14.6 Å². The summed E-state index contributed by atoms with van der Waals surface area (Å²) in [5, 5.41) is 18.0. The molecular formula is C21H26N6O6S2. The largest absolute Gasteiger partial charge is 0.361 e. The van der Waals surface area contributed by atoms with Crippen molar-refractivity contribution in [1.29, 1.82) is 0 Å². The van der Waals surface area contributed by atoms with Crippen LogP contribution in [0, 0.1) is 5.92 Å². The van der Waals surface area contributed by atoms with Gasteiger partial charge in [-0.05, 0) is 48.9 Å². The number of aromatic nitrogens is 3. The molecule has 0 aliphatic heterocycles. The average molecular weight is 523 g/mol. The van der Waals surface area contributed by atoms with E-state index < -0.39 is 32.6 Å². The Hall–Kier alpha value is -2.62. The van der Waals surface area contributed by atoms with Crippen molar-refractivity contribution in [2.75, 3.05) is 11.9 Å². The number of nitrogens with zero attached hydrogens (tertiary/aromatic N) is 3. The van der Waals surface area contributed by atoms with Crippen LogP contribution in [0.25, 0.3) is 5.52 Å². The molecule has 0 radical (unpaired) electrons. The summed E-state index contributed by atoms with van der Waals surface area (Å²) in [6.07, 6.45) is 3.24. The van der Waals surface area contributed by atoms with Crippen LogP contribution in [-0.2, 0) is 35.4 Å². The molecule has 0 saturated heterocycles. The number of anilines is 1. The number of benzene rings is 1. The maximum absolute atomic E-state index is 11.6. The summed E-state index contributed by atoms with van der Waals surface area (Å²) in [5.41, 5.74) is 4.18. The molecular weight excluding hydrogens is 496 g/mol. The maximum atomic E-state index is 11.6. The van der Waals surface area contributed by atoms with Gasteiger partial charge in [0.25, 0.3) is 0 Å². The molecule has 0 amide bonds. The van der Waals surface area contributed by atoms with E-state index in [9.17, 15) is 16.8 Å². The molecule has 0 spiro atoms. The highest BCUT2D eigenvalue weighted by molar-refractivity contribution is 7.84. The second-order valence-corrected chi connectivity index (χ2v) is 11.3. The highest BCUT2D eigenvalue weighted by Crippen LogP contribution is 2.42. The minimum absolute atomic E-state index is 0.141. The van der Waals surface area contributed by atoms with Crippen LogP contribution in [0.1, 0.15) is 48.0 Å². The summed E-state index contributed by atoms with van der Waals surface area (Å²) in [5.74, 6) is -0.0534. The van der Waals surface area contributed by atoms with E-state index in [2.05, 4.69) is 27.5 Å². The second-order valence-electron chi connectivity index (χ2n) is 8.93. The molecule has 3 aromatic rings. The fourth-order valence-electron chi connectivity index (χ4n) is 5.22. The van der Waals surface area contributed by atoms with E-state index in [0.29, 0.717) is 12.2 Å². The van der Waals surface area contributed by atoms with Gasteiger partial charge in [0.1, 0.15) is 11.8 Å². The molecule has 2 aliphatic carbocycles. The number of hydrogen-bond acceptors (Lipinski definition) is 9. The van der Waals surface area contributed by atoms with Gasteiger partial charge in [-0.2, -0.15) is 21.9 Å². The van der Waals surface area contributed by atoms with E-state index in [1.165, 1.54) is 17.5 Å². The van der Waals surface area contributed by atoms with Gasteiger partial charge in [0.05, 0.1) is 18.8 Å². The van der Waals surface area contributed by atoms with Crippen molar-refractivity contribution >= 4 is 31.9 Å². The summed E-state index contributed by atoms with van der Waals surface area (Å²) in [7, 11) is -8.45. The number of aryl methyl sites for hydroxylation is 1. The Morgan fingerprint density at radius 1 is 1.06 bits per heavy atom. The van der Waals surface area contributed by atoms with Gasteiger partial charge in [0, 0.05) is 17.5 Å². The third-order valence-electron chi connectivity index (χ3n) is 6.68. The Kier molecular flexibility index (Phi) is 6.27. The number of rotatable bonds is 8. The van der Waals surface area contributed by atoms with Crippen LogP contribution >= 0.6 is 0 Å². The Morgan fingerprint density at radius 2 is 1.86 bits per heavy atom. The molecule has 14 heteroatoms. The summed E-state index contributed by atoms with van der Waals surface area (Å²) in [4.78, 5) is 4.45. The van der Waals surface area contributed by atoms with Crippen LogP contribution in [0.15, 0.2) is 42.7 Å². The van der Waals surface area contributed by atoms with Gasteiger partial charge in [-0.3, -0.25) is 8.37 Å². The molecule has 2 aromatic heterocycles. The fraction of sp³-hybridized carbons (Fsp3) is 0.429. The van der Waals surface area contributed by atoms with Crippen LogP contribution in [0.3, 0.4) is 0 Å². The lowest BCUT2D eigenvalue weighted by Crippen LogP contribution is -2.30. The van der Waals surface area contributed by atoms with Crippen LogP contribution < -0.4 is 15.6 Å². The number of fused-ring (bicyclic) bond motifs is 2. The zero-order chi connectivity index (χ0) is 24.8. The van der Waals surface area contributed by atoms with E-state index in [1.807, 2.05) is 24.3 Å². The molecule has 4 atom stereocenters. The third-order valence-corrected chi connectivity index (χ3v) is 7.66. The summed E-state index contributed by atoms with van der Waals surface area (Å²) >= 11 is 0. The molecule has 1 aromatic carbocycles. The first-order valence-electron chi connectivity index (χ1n) is 11.1. The molecule has 2 aliphatic rings. The van der Waals surface area contributed by atoms with Gasteiger partial charge in [0.15, 0.2) is 5.82 Å². The lowest BCUT2D eigenvalue weighted by molar-refractivity contribution is 0.127. The van der Waals surface area contributed by atoms with Gasteiger partial charge in [-0.15, -0.1) is 0 Å². The minimum atomic E-state index is -4.25. The van der Waals surface area contributed by atoms with Gasteiger partial charge in [-0.25, -0.2) is 19.8 Å². The van der Waals surface area contributed by atoms with Gasteiger partial charge in [-0.1, -0.05) is 24.3 Å². The lowest BCUT2D eigenvalue weighted by atomic mass is 10.0. The molecule has 1 fully saturated rings. The quantitative estimate of drug-likeness (QED) is 0.390. The smallest absolute Gasteiger partial charge is 0.333 e. The Bertz CT molecular complexity index is 1460. The monoisotopic (exact) mass is 522 g/mol. The van der Waals surface area contributed by atoms with Crippen molar-refractivity contribution in [2.24, 2.45) is 16.2 Å². The summed E-state index contributed by atoms with van der Waals surface area (Å²) in [6.45, 7) is -0.318. The molecule has 0 bridgehead atoms. The molecule has 0 unspecified atom stereocenters. The van der Waals surface area contributed by atoms with Crippen LogP contribution in [0.2, 0.25) is 0 Å². The first-order chi connectivity index (χ1) is 16.6. The number of nitrogens with one attached hydrogen (secondary N) is 1. The van der Waals surface area contributed by atoms with Crippen molar-refractivity contribution in [2.45, 2.75) is 43.7 Å². The maximum Gasteiger partial charge on any atom is 0.333 e. The van der Waals surface area contributed by atoms with Crippen LogP contribution in [-0.4, -0.2) is 44.1 Å². The summed E-state index contributed by atoms with van der Waals surface area (Å²) in [6, 6.07) is 12.3. The van der Waals surface area contributed by atoms with Crippen molar-refractivity contribution in [3.8, 4) is 0 Å². The Morgan fingerprint density at radius 3 is 2.63 bits per heavy atom. The van der Waals surface area contributed by atoms with E-state index >= 15 is 0 Å². The molecule has 5 rings (SSSR count). The summed E-state index contributed by atoms with van der Waals surface area (Å²) < 4.78 is 57.2. The number of hydrogen-bond donors (Lipinski definition) is 3. The topological polar surface area (TPSA) is 181 Å². The predicted octanol–water partition coefficient (Wildman–Crippen LogP) is 1.13. The number of nitrogens with two attached hydrogens (primary N) is 2. The first kappa shape index (κ1) is 24.1. The predicted molar refractivity (Wildman–Crippen MR) is 127 cm³/mol. The third kappa shape index (κ3) is 5.32. The molecule has 5 N–H and O–H groups in total. The van der Waals surface area contributed by atoms with Crippen molar-refractivity contribution in [3.05, 3.63) is 59.5 Å². The van der Waals surface area contributed by atoms with Crippen molar-refractivity contribution in [3.63, 3.8) is 0 Å². The van der Waals surface area contributed by atoms with Gasteiger partial charge < -0.3 is 5.32 Å². The fourth-order valence-corrected chi connectivity index (χ4v) is 6.17. The standard InChI is InChI=1S/C21H26N6O6S2/c22-34(28,29)32-11-15-9-14(10-20(15)33-35(23,30)31)18-7-8-19-21(24-12-25-27(18)19)26-17-6-5-13-3-1-2-4-16(13)17/h1-4,7-8,12,14-15,17,20H,5-6,9-11H2,(H2,22,28,29)(H2,23,30,31)(H,24,25,26)/t14-,15+,17-,20-/m0/s1. The highest BCUT2D eigenvalue weighted by Gasteiger charge is 2.40. The Labute approximate surface area is 203 Å². The van der Waals surface area contributed by atoms with Crippen LogP contribution in [0.5, 0.6) is 0 Å². The van der Waals surface area contributed by atoms with E-state index in [-0.39, 0.29) is 25.0 Å². The SMILES string of the molecule is NS(=O)(=O)OC[C@H]1C[C@H](c2ccc3c(N[C@H]4CCc5ccccc54)ncnn23)C[C@@H]1OS(N)(=O)=O. The zero-order valence-electron chi connectivity index (χ0n) is 18.6. The van der Waals surface area contributed by atoms with E-state index in [0.717, 1.165) is 24.1 Å².